The van der Waals surface area contributed by atoms with Crippen LogP contribution in [0.3, 0.4) is 0 Å². The SMILES string of the molecule is CC(C#N)C(=O)NCCOC1CCCCC1. The third-order valence-corrected chi connectivity index (χ3v) is 2.89. The minimum absolute atomic E-state index is 0.213. The molecule has 1 aliphatic rings. The van der Waals surface area contributed by atoms with E-state index in [0.717, 1.165) is 12.8 Å². The van der Waals surface area contributed by atoms with Gasteiger partial charge in [0.1, 0.15) is 5.92 Å². The van der Waals surface area contributed by atoms with Gasteiger partial charge in [-0.1, -0.05) is 19.3 Å². The van der Waals surface area contributed by atoms with Crippen molar-refractivity contribution in [3.05, 3.63) is 0 Å². The summed E-state index contributed by atoms with van der Waals surface area (Å²) in [6, 6.07) is 1.90. The second-order valence-corrected chi connectivity index (χ2v) is 4.27. The lowest BCUT2D eigenvalue weighted by Gasteiger charge is -2.22. The Balaban J connectivity index is 2.03. The van der Waals surface area contributed by atoms with E-state index >= 15 is 0 Å². The Bertz CT molecular complexity index is 254. The van der Waals surface area contributed by atoms with Gasteiger partial charge in [-0.25, -0.2) is 0 Å². The van der Waals surface area contributed by atoms with Gasteiger partial charge >= 0.3 is 0 Å². The highest BCUT2D eigenvalue weighted by Crippen LogP contribution is 2.19. The van der Waals surface area contributed by atoms with Gasteiger partial charge in [-0.05, 0) is 19.8 Å². The summed E-state index contributed by atoms with van der Waals surface area (Å²) in [5, 5.41) is 11.2. The minimum Gasteiger partial charge on any atom is -0.376 e. The van der Waals surface area contributed by atoms with Gasteiger partial charge in [0, 0.05) is 6.54 Å². The molecule has 1 atom stereocenters. The molecule has 1 amide bonds. The molecule has 0 aromatic heterocycles. The molecule has 1 fully saturated rings. The molecular formula is C12H20N2O2. The minimum atomic E-state index is -0.574. The first-order valence-electron chi connectivity index (χ1n) is 6.03. The molecule has 1 N–H and O–H groups in total. The van der Waals surface area contributed by atoms with E-state index in [-0.39, 0.29) is 5.91 Å². The largest absolute Gasteiger partial charge is 0.376 e. The van der Waals surface area contributed by atoms with E-state index < -0.39 is 5.92 Å². The summed E-state index contributed by atoms with van der Waals surface area (Å²) >= 11 is 0. The first-order valence-corrected chi connectivity index (χ1v) is 6.03. The molecule has 90 valence electrons. The van der Waals surface area contributed by atoms with Gasteiger partial charge in [0.25, 0.3) is 0 Å². The number of hydrogen-bond donors (Lipinski definition) is 1. The molecule has 1 unspecified atom stereocenters. The number of nitriles is 1. The summed E-state index contributed by atoms with van der Waals surface area (Å²) in [5.41, 5.74) is 0. The van der Waals surface area contributed by atoms with E-state index in [4.69, 9.17) is 10.00 Å². The Hall–Kier alpha value is -1.08. The van der Waals surface area contributed by atoms with Gasteiger partial charge in [-0.2, -0.15) is 5.26 Å². The van der Waals surface area contributed by atoms with Gasteiger partial charge in [0.05, 0.1) is 18.8 Å². The molecule has 0 spiro atoms. The average molecular weight is 224 g/mol. The molecule has 0 aromatic rings. The first kappa shape index (κ1) is 13.0. The predicted octanol–water partition coefficient (Wildman–Crippen LogP) is 1.61. The maximum Gasteiger partial charge on any atom is 0.237 e. The van der Waals surface area contributed by atoms with Crippen LogP contribution in [0.2, 0.25) is 0 Å². The van der Waals surface area contributed by atoms with Crippen LogP contribution in [0.15, 0.2) is 0 Å². The zero-order chi connectivity index (χ0) is 11.8. The van der Waals surface area contributed by atoms with Crippen molar-refractivity contribution in [3.63, 3.8) is 0 Å². The topological polar surface area (TPSA) is 62.1 Å². The Labute approximate surface area is 97.0 Å². The van der Waals surface area contributed by atoms with Crippen LogP contribution in [0.4, 0.5) is 0 Å². The monoisotopic (exact) mass is 224 g/mol. The summed E-state index contributed by atoms with van der Waals surface area (Å²) in [4.78, 5) is 11.2. The van der Waals surface area contributed by atoms with Crippen molar-refractivity contribution in [2.45, 2.75) is 45.1 Å². The summed E-state index contributed by atoms with van der Waals surface area (Å²) in [6.07, 6.45) is 6.48. The van der Waals surface area contributed by atoms with Gasteiger partial charge in [-0.3, -0.25) is 4.79 Å². The molecule has 0 heterocycles. The molecule has 1 saturated carbocycles. The summed E-state index contributed by atoms with van der Waals surface area (Å²) in [6.45, 7) is 2.65. The second-order valence-electron chi connectivity index (χ2n) is 4.27. The van der Waals surface area contributed by atoms with E-state index in [1.807, 2.05) is 6.07 Å². The van der Waals surface area contributed by atoms with Crippen LogP contribution in [0.1, 0.15) is 39.0 Å². The Morgan fingerprint density at radius 1 is 1.50 bits per heavy atom. The van der Waals surface area contributed by atoms with Crippen molar-refractivity contribution in [3.8, 4) is 6.07 Å². The lowest BCUT2D eigenvalue weighted by atomic mass is 9.98. The molecule has 1 rings (SSSR count). The normalized spacial score (nSPS) is 18.8. The van der Waals surface area contributed by atoms with Crippen molar-refractivity contribution in [2.24, 2.45) is 5.92 Å². The summed E-state index contributed by atoms with van der Waals surface area (Å²) < 4.78 is 5.65. The zero-order valence-electron chi connectivity index (χ0n) is 9.87. The van der Waals surface area contributed by atoms with Crippen LogP contribution in [-0.4, -0.2) is 25.2 Å². The quantitative estimate of drug-likeness (QED) is 0.722. The molecule has 16 heavy (non-hydrogen) atoms. The molecule has 4 nitrogen and oxygen atoms in total. The highest BCUT2D eigenvalue weighted by atomic mass is 16.5. The van der Waals surface area contributed by atoms with E-state index in [9.17, 15) is 4.79 Å². The van der Waals surface area contributed by atoms with E-state index in [1.165, 1.54) is 19.3 Å². The molecule has 0 aliphatic heterocycles. The zero-order valence-corrected chi connectivity index (χ0v) is 9.87. The molecule has 1 aliphatic carbocycles. The number of rotatable bonds is 5. The molecule has 0 bridgehead atoms. The second kappa shape index (κ2) is 7.24. The molecule has 0 aromatic carbocycles. The lowest BCUT2D eigenvalue weighted by molar-refractivity contribution is -0.123. The number of nitrogens with one attached hydrogen (secondary N) is 1. The van der Waals surface area contributed by atoms with Gasteiger partial charge < -0.3 is 10.1 Å². The Morgan fingerprint density at radius 3 is 2.81 bits per heavy atom. The fraction of sp³-hybridized carbons (Fsp3) is 0.833. The van der Waals surface area contributed by atoms with E-state index in [1.54, 1.807) is 6.92 Å². The predicted molar refractivity (Wildman–Crippen MR) is 60.6 cm³/mol. The number of ether oxygens (including phenoxy) is 1. The van der Waals surface area contributed by atoms with Crippen molar-refractivity contribution < 1.29 is 9.53 Å². The van der Waals surface area contributed by atoms with E-state index in [0.29, 0.717) is 19.3 Å². The number of carbonyl (C=O) groups is 1. The van der Waals surface area contributed by atoms with Gasteiger partial charge in [0.15, 0.2) is 0 Å². The van der Waals surface area contributed by atoms with Crippen molar-refractivity contribution in [2.75, 3.05) is 13.2 Å². The molecular weight excluding hydrogens is 204 g/mol. The molecule has 0 radical (unpaired) electrons. The Morgan fingerprint density at radius 2 is 2.19 bits per heavy atom. The third kappa shape index (κ3) is 4.63. The maximum absolute atomic E-state index is 11.2. The van der Waals surface area contributed by atoms with Crippen molar-refractivity contribution >= 4 is 5.91 Å². The number of amides is 1. The smallest absolute Gasteiger partial charge is 0.237 e. The Kier molecular flexibility index (Phi) is 5.87. The lowest BCUT2D eigenvalue weighted by Crippen LogP contribution is -2.32. The van der Waals surface area contributed by atoms with Crippen LogP contribution >= 0.6 is 0 Å². The average Bonchev–Trinajstić information content (AvgIpc) is 2.34. The summed E-state index contributed by atoms with van der Waals surface area (Å²) in [5.74, 6) is -0.788. The van der Waals surface area contributed by atoms with Gasteiger partial charge in [0.2, 0.25) is 5.91 Å². The fourth-order valence-corrected chi connectivity index (χ4v) is 1.84. The van der Waals surface area contributed by atoms with E-state index in [2.05, 4.69) is 5.32 Å². The highest BCUT2D eigenvalue weighted by molar-refractivity contribution is 5.80. The van der Waals surface area contributed by atoms with Crippen LogP contribution in [0.5, 0.6) is 0 Å². The number of nitrogens with zero attached hydrogens (tertiary/aromatic N) is 1. The standard InChI is InChI=1S/C12H20N2O2/c1-10(9-13)12(15)14-7-8-16-11-5-3-2-4-6-11/h10-11H,2-8H2,1H3,(H,14,15). The summed E-state index contributed by atoms with van der Waals surface area (Å²) in [7, 11) is 0. The molecule has 0 saturated heterocycles. The van der Waals surface area contributed by atoms with Crippen molar-refractivity contribution in [1.82, 2.24) is 5.32 Å². The fourth-order valence-electron chi connectivity index (χ4n) is 1.84. The molecule has 4 heteroatoms. The third-order valence-electron chi connectivity index (χ3n) is 2.89. The van der Waals surface area contributed by atoms with Crippen LogP contribution < -0.4 is 5.32 Å². The van der Waals surface area contributed by atoms with Crippen LogP contribution in [0.25, 0.3) is 0 Å². The van der Waals surface area contributed by atoms with Gasteiger partial charge in [-0.15, -0.1) is 0 Å². The van der Waals surface area contributed by atoms with Crippen LogP contribution in [-0.2, 0) is 9.53 Å². The highest BCUT2D eigenvalue weighted by Gasteiger charge is 2.14. The first-order chi connectivity index (χ1) is 7.74. The number of carbonyl (C=O) groups excluding carboxylic acids is 1. The van der Waals surface area contributed by atoms with Crippen molar-refractivity contribution in [1.29, 1.82) is 5.26 Å². The van der Waals surface area contributed by atoms with Crippen LogP contribution in [0, 0.1) is 17.2 Å². The maximum atomic E-state index is 11.2. The number of hydrogen-bond acceptors (Lipinski definition) is 3.